The minimum atomic E-state index is -0.148. The van der Waals surface area contributed by atoms with Gasteiger partial charge >= 0.3 is 0 Å². The number of benzene rings is 1. The SMILES string of the molecule is Cc1ccc(CNC(C)C(=O)NC2CC2)cc1Br. The molecule has 4 heteroatoms. The molecule has 98 valence electrons. The van der Waals surface area contributed by atoms with Gasteiger partial charge in [-0.25, -0.2) is 0 Å². The quantitative estimate of drug-likeness (QED) is 0.877. The van der Waals surface area contributed by atoms with Gasteiger partial charge in [-0.3, -0.25) is 4.79 Å². The summed E-state index contributed by atoms with van der Waals surface area (Å²) < 4.78 is 1.11. The largest absolute Gasteiger partial charge is 0.352 e. The van der Waals surface area contributed by atoms with Crippen molar-refractivity contribution in [1.82, 2.24) is 10.6 Å². The maximum Gasteiger partial charge on any atom is 0.237 e. The highest BCUT2D eigenvalue weighted by atomic mass is 79.9. The van der Waals surface area contributed by atoms with E-state index in [-0.39, 0.29) is 11.9 Å². The van der Waals surface area contributed by atoms with Gasteiger partial charge in [0.25, 0.3) is 0 Å². The molecule has 1 aromatic rings. The van der Waals surface area contributed by atoms with Crippen molar-refractivity contribution in [3.05, 3.63) is 33.8 Å². The summed E-state index contributed by atoms with van der Waals surface area (Å²) in [6.07, 6.45) is 2.26. The first kappa shape index (κ1) is 13.6. The Labute approximate surface area is 116 Å². The van der Waals surface area contributed by atoms with Gasteiger partial charge in [-0.05, 0) is 43.9 Å². The van der Waals surface area contributed by atoms with Crippen LogP contribution in [0.5, 0.6) is 0 Å². The third-order valence-corrected chi connectivity index (χ3v) is 4.02. The van der Waals surface area contributed by atoms with E-state index in [9.17, 15) is 4.79 Å². The summed E-state index contributed by atoms with van der Waals surface area (Å²) >= 11 is 3.52. The zero-order valence-electron chi connectivity index (χ0n) is 10.8. The Balaban J connectivity index is 1.82. The lowest BCUT2D eigenvalue weighted by Gasteiger charge is -2.14. The zero-order valence-corrected chi connectivity index (χ0v) is 12.4. The van der Waals surface area contributed by atoms with Crippen molar-refractivity contribution < 1.29 is 4.79 Å². The van der Waals surface area contributed by atoms with Crippen molar-refractivity contribution in [2.45, 2.75) is 45.3 Å². The molecule has 0 aliphatic heterocycles. The second-order valence-electron chi connectivity index (χ2n) is 4.97. The van der Waals surface area contributed by atoms with Gasteiger partial charge in [0.2, 0.25) is 5.91 Å². The number of carbonyl (C=O) groups excluding carboxylic acids is 1. The van der Waals surface area contributed by atoms with Crippen molar-refractivity contribution in [1.29, 1.82) is 0 Å². The van der Waals surface area contributed by atoms with Gasteiger partial charge in [0.05, 0.1) is 6.04 Å². The number of carbonyl (C=O) groups is 1. The van der Waals surface area contributed by atoms with E-state index in [1.54, 1.807) is 0 Å². The van der Waals surface area contributed by atoms with E-state index < -0.39 is 0 Å². The number of aryl methyl sites for hydroxylation is 1. The molecule has 3 nitrogen and oxygen atoms in total. The number of amides is 1. The predicted molar refractivity (Wildman–Crippen MR) is 76.3 cm³/mol. The standard InChI is InChI=1S/C14H19BrN2O/c1-9-3-4-11(7-13(9)15)8-16-10(2)14(18)17-12-5-6-12/h3-4,7,10,12,16H,5-6,8H2,1-2H3,(H,17,18). The fourth-order valence-electron chi connectivity index (χ4n) is 1.66. The fourth-order valence-corrected chi connectivity index (χ4v) is 2.09. The third kappa shape index (κ3) is 3.82. The summed E-state index contributed by atoms with van der Waals surface area (Å²) in [4.78, 5) is 11.8. The summed E-state index contributed by atoms with van der Waals surface area (Å²) in [6, 6.07) is 6.53. The van der Waals surface area contributed by atoms with E-state index in [0.29, 0.717) is 12.6 Å². The summed E-state index contributed by atoms with van der Waals surface area (Å²) in [5, 5.41) is 6.25. The number of halogens is 1. The minimum absolute atomic E-state index is 0.101. The van der Waals surface area contributed by atoms with Crippen molar-refractivity contribution in [3.8, 4) is 0 Å². The molecular weight excluding hydrogens is 292 g/mol. The first-order chi connectivity index (χ1) is 8.56. The van der Waals surface area contributed by atoms with Crippen molar-refractivity contribution >= 4 is 21.8 Å². The molecule has 1 fully saturated rings. The van der Waals surface area contributed by atoms with Crippen LogP contribution in [0.4, 0.5) is 0 Å². The van der Waals surface area contributed by atoms with Crippen LogP contribution in [0, 0.1) is 6.92 Å². The van der Waals surface area contributed by atoms with E-state index in [1.807, 2.05) is 6.92 Å². The van der Waals surface area contributed by atoms with Gasteiger partial charge in [0.1, 0.15) is 0 Å². The molecule has 1 aromatic carbocycles. The van der Waals surface area contributed by atoms with Crippen LogP contribution in [-0.4, -0.2) is 18.0 Å². The lowest BCUT2D eigenvalue weighted by Crippen LogP contribution is -2.42. The molecule has 2 N–H and O–H groups in total. The zero-order chi connectivity index (χ0) is 13.1. The number of nitrogens with one attached hydrogen (secondary N) is 2. The topological polar surface area (TPSA) is 41.1 Å². The van der Waals surface area contributed by atoms with Crippen LogP contribution in [-0.2, 0) is 11.3 Å². The van der Waals surface area contributed by atoms with Gasteiger partial charge in [-0.2, -0.15) is 0 Å². The van der Waals surface area contributed by atoms with Crippen molar-refractivity contribution in [3.63, 3.8) is 0 Å². The molecule has 0 aromatic heterocycles. The Morgan fingerprint density at radius 1 is 1.50 bits per heavy atom. The lowest BCUT2D eigenvalue weighted by molar-refractivity contribution is -0.122. The van der Waals surface area contributed by atoms with E-state index in [2.05, 4.69) is 51.7 Å². The summed E-state index contributed by atoms with van der Waals surface area (Å²) in [7, 11) is 0. The highest BCUT2D eigenvalue weighted by molar-refractivity contribution is 9.10. The second kappa shape index (κ2) is 5.85. The van der Waals surface area contributed by atoms with Crippen LogP contribution in [0.15, 0.2) is 22.7 Å². The second-order valence-corrected chi connectivity index (χ2v) is 5.82. The van der Waals surface area contributed by atoms with Crippen LogP contribution in [0.2, 0.25) is 0 Å². The smallest absolute Gasteiger partial charge is 0.237 e. The summed E-state index contributed by atoms with van der Waals surface area (Å²) in [6.45, 7) is 4.67. The molecular formula is C14H19BrN2O. The molecule has 0 saturated heterocycles. The van der Waals surface area contributed by atoms with Gasteiger partial charge in [0, 0.05) is 17.1 Å². The molecule has 1 amide bonds. The molecule has 1 atom stereocenters. The Bertz CT molecular complexity index is 443. The van der Waals surface area contributed by atoms with Crippen molar-refractivity contribution in [2.75, 3.05) is 0 Å². The molecule has 1 unspecified atom stereocenters. The number of rotatable bonds is 5. The Hall–Kier alpha value is -0.870. The van der Waals surface area contributed by atoms with Crippen LogP contribution in [0.1, 0.15) is 30.9 Å². The average Bonchev–Trinajstić information content (AvgIpc) is 3.14. The van der Waals surface area contributed by atoms with Crippen molar-refractivity contribution in [2.24, 2.45) is 0 Å². The minimum Gasteiger partial charge on any atom is -0.352 e. The molecule has 0 heterocycles. The van der Waals surface area contributed by atoms with Crippen LogP contribution >= 0.6 is 15.9 Å². The summed E-state index contributed by atoms with van der Waals surface area (Å²) in [5.74, 6) is 0.101. The van der Waals surface area contributed by atoms with Crippen LogP contribution in [0.3, 0.4) is 0 Å². The van der Waals surface area contributed by atoms with E-state index in [4.69, 9.17) is 0 Å². The number of hydrogen-bond donors (Lipinski definition) is 2. The highest BCUT2D eigenvalue weighted by Crippen LogP contribution is 2.19. The first-order valence-corrected chi connectivity index (χ1v) is 7.14. The monoisotopic (exact) mass is 310 g/mol. The molecule has 2 rings (SSSR count). The van der Waals surface area contributed by atoms with E-state index in [0.717, 1.165) is 17.3 Å². The molecule has 18 heavy (non-hydrogen) atoms. The molecule has 0 spiro atoms. The fraction of sp³-hybridized carbons (Fsp3) is 0.500. The maximum absolute atomic E-state index is 11.8. The predicted octanol–water partition coefficient (Wildman–Crippen LogP) is 2.51. The maximum atomic E-state index is 11.8. The van der Waals surface area contributed by atoms with Gasteiger partial charge in [0.15, 0.2) is 0 Å². The van der Waals surface area contributed by atoms with E-state index in [1.165, 1.54) is 11.1 Å². The average molecular weight is 311 g/mol. The van der Waals surface area contributed by atoms with Crippen LogP contribution < -0.4 is 10.6 Å². The molecule has 1 aliphatic carbocycles. The normalized spacial score (nSPS) is 16.4. The molecule has 1 saturated carbocycles. The first-order valence-electron chi connectivity index (χ1n) is 6.35. The Morgan fingerprint density at radius 2 is 2.22 bits per heavy atom. The molecule has 1 aliphatic rings. The number of hydrogen-bond acceptors (Lipinski definition) is 2. The van der Waals surface area contributed by atoms with Crippen LogP contribution in [0.25, 0.3) is 0 Å². The van der Waals surface area contributed by atoms with Gasteiger partial charge < -0.3 is 10.6 Å². The highest BCUT2D eigenvalue weighted by Gasteiger charge is 2.25. The Kier molecular flexibility index (Phi) is 4.40. The molecule has 0 bridgehead atoms. The lowest BCUT2D eigenvalue weighted by atomic mass is 10.1. The third-order valence-electron chi connectivity index (χ3n) is 3.17. The molecule has 0 radical (unpaired) electrons. The Morgan fingerprint density at radius 3 is 2.83 bits per heavy atom. The van der Waals surface area contributed by atoms with Gasteiger partial charge in [-0.15, -0.1) is 0 Å². The van der Waals surface area contributed by atoms with Gasteiger partial charge in [-0.1, -0.05) is 28.1 Å². The van der Waals surface area contributed by atoms with E-state index >= 15 is 0 Å². The summed E-state index contributed by atoms with van der Waals surface area (Å²) in [5.41, 5.74) is 2.40.